The molecule has 1 aromatic rings. The molecular formula is C10H18N4OS. The van der Waals surface area contributed by atoms with Gasteiger partial charge in [0.2, 0.25) is 11.8 Å². The molecule has 0 saturated heterocycles. The summed E-state index contributed by atoms with van der Waals surface area (Å²) < 4.78 is 5.01. The number of methoxy groups -OCH3 is 1. The van der Waals surface area contributed by atoms with Crippen LogP contribution in [-0.2, 0) is 0 Å². The third-order valence-electron chi connectivity index (χ3n) is 2.01. The number of nitrogen functional groups attached to an aromatic ring is 1. The molecule has 3 N–H and O–H groups in total. The number of nitrogens with zero attached hydrogens (tertiary/aromatic N) is 2. The summed E-state index contributed by atoms with van der Waals surface area (Å²) >= 11 is 1.83. The summed E-state index contributed by atoms with van der Waals surface area (Å²) in [4.78, 5) is 8.00. The second kappa shape index (κ2) is 6.42. The van der Waals surface area contributed by atoms with Crippen LogP contribution in [-0.4, -0.2) is 35.6 Å². The van der Waals surface area contributed by atoms with Crippen molar-refractivity contribution in [2.75, 3.05) is 36.7 Å². The number of hydrogen-bond donors (Lipinski definition) is 2. The van der Waals surface area contributed by atoms with Crippen molar-refractivity contribution in [2.45, 2.75) is 6.92 Å². The molecule has 0 fully saturated rings. The van der Waals surface area contributed by atoms with Gasteiger partial charge in [-0.3, -0.25) is 0 Å². The van der Waals surface area contributed by atoms with Gasteiger partial charge in [0.25, 0.3) is 0 Å². The van der Waals surface area contributed by atoms with E-state index in [0.717, 1.165) is 12.3 Å². The Morgan fingerprint density at radius 3 is 2.94 bits per heavy atom. The molecule has 1 rings (SSSR count). The minimum atomic E-state index is 0.222. The summed E-state index contributed by atoms with van der Waals surface area (Å²) in [6.45, 7) is 3.05. The van der Waals surface area contributed by atoms with E-state index in [-0.39, 0.29) is 5.95 Å². The standard InChI is InChI=1S/C10H18N4OS/c1-7(6-16-3)5-12-8-4-9(15-2)14-10(11)13-8/h4,7H,5-6H2,1-3H3,(H3,11,12,13,14). The molecule has 0 bridgehead atoms. The van der Waals surface area contributed by atoms with Crippen molar-refractivity contribution < 1.29 is 4.74 Å². The topological polar surface area (TPSA) is 73.1 Å². The van der Waals surface area contributed by atoms with E-state index in [2.05, 4.69) is 28.5 Å². The molecule has 1 atom stereocenters. The zero-order chi connectivity index (χ0) is 12.0. The Kier molecular flexibility index (Phi) is 5.18. The highest BCUT2D eigenvalue weighted by Crippen LogP contribution is 2.14. The van der Waals surface area contributed by atoms with Crippen LogP contribution in [0, 0.1) is 5.92 Å². The van der Waals surface area contributed by atoms with Crippen LogP contribution in [0.15, 0.2) is 6.07 Å². The fraction of sp³-hybridized carbons (Fsp3) is 0.600. The van der Waals surface area contributed by atoms with Gasteiger partial charge in [0.05, 0.1) is 7.11 Å². The predicted octanol–water partition coefficient (Wildman–Crippen LogP) is 1.48. The molecule has 1 aromatic heterocycles. The number of rotatable bonds is 6. The molecule has 1 unspecified atom stereocenters. The second-order valence-electron chi connectivity index (χ2n) is 3.60. The van der Waals surface area contributed by atoms with Crippen LogP contribution < -0.4 is 15.8 Å². The van der Waals surface area contributed by atoms with Gasteiger partial charge in [0.15, 0.2) is 0 Å². The van der Waals surface area contributed by atoms with E-state index in [1.54, 1.807) is 13.2 Å². The fourth-order valence-corrected chi connectivity index (χ4v) is 1.95. The molecule has 0 spiro atoms. The van der Waals surface area contributed by atoms with E-state index in [4.69, 9.17) is 10.5 Å². The third kappa shape index (κ3) is 4.14. The van der Waals surface area contributed by atoms with E-state index in [1.807, 2.05) is 11.8 Å². The summed E-state index contributed by atoms with van der Waals surface area (Å²) in [5.74, 6) is 3.10. The van der Waals surface area contributed by atoms with Crippen molar-refractivity contribution in [3.63, 3.8) is 0 Å². The van der Waals surface area contributed by atoms with Gasteiger partial charge in [0, 0.05) is 12.6 Å². The van der Waals surface area contributed by atoms with Gasteiger partial charge in [-0.1, -0.05) is 6.92 Å². The van der Waals surface area contributed by atoms with Gasteiger partial charge >= 0.3 is 0 Å². The number of thioether (sulfide) groups is 1. The van der Waals surface area contributed by atoms with Gasteiger partial charge < -0.3 is 15.8 Å². The van der Waals surface area contributed by atoms with Gasteiger partial charge in [-0.25, -0.2) is 0 Å². The van der Waals surface area contributed by atoms with Crippen LogP contribution in [0.25, 0.3) is 0 Å². The molecule has 0 aromatic carbocycles. The van der Waals surface area contributed by atoms with Crippen molar-refractivity contribution in [1.82, 2.24) is 9.97 Å². The van der Waals surface area contributed by atoms with Crippen molar-refractivity contribution in [1.29, 1.82) is 0 Å². The van der Waals surface area contributed by atoms with E-state index in [0.29, 0.717) is 17.6 Å². The van der Waals surface area contributed by atoms with Crippen LogP contribution in [0.2, 0.25) is 0 Å². The first-order chi connectivity index (χ1) is 7.65. The highest BCUT2D eigenvalue weighted by atomic mass is 32.2. The lowest BCUT2D eigenvalue weighted by Crippen LogP contribution is -2.14. The molecule has 0 aliphatic rings. The first-order valence-electron chi connectivity index (χ1n) is 5.07. The Balaban J connectivity index is 2.56. The average molecular weight is 242 g/mol. The lowest BCUT2D eigenvalue weighted by atomic mass is 10.2. The molecule has 1 heterocycles. The number of ether oxygens (including phenoxy) is 1. The van der Waals surface area contributed by atoms with E-state index < -0.39 is 0 Å². The molecule has 5 nitrogen and oxygen atoms in total. The van der Waals surface area contributed by atoms with E-state index in [9.17, 15) is 0 Å². The van der Waals surface area contributed by atoms with Crippen LogP contribution in [0.1, 0.15) is 6.92 Å². The number of nitrogens with one attached hydrogen (secondary N) is 1. The monoisotopic (exact) mass is 242 g/mol. The summed E-state index contributed by atoms with van der Waals surface area (Å²) in [6, 6.07) is 1.74. The maximum atomic E-state index is 5.55. The predicted molar refractivity (Wildman–Crippen MR) is 69.0 cm³/mol. The maximum absolute atomic E-state index is 5.55. The van der Waals surface area contributed by atoms with Crippen LogP contribution in [0.3, 0.4) is 0 Å². The van der Waals surface area contributed by atoms with Crippen molar-refractivity contribution >= 4 is 23.5 Å². The van der Waals surface area contributed by atoms with Crippen molar-refractivity contribution in [3.05, 3.63) is 6.07 Å². The number of nitrogens with two attached hydrogens (primary N) is 1. The quantitative estimate of drug-likeness (QED) is 0.787. The number of aromatic nitrogens is 2. The molecule has 0 aliphatic heterocycles. The maximum Gasteiger partial charge on any atom is 0.225 e. The zero-order valence-electron chi connectivity index (χ0n) is 9.86. The highest BCUT2D eigenvalue weighted by molar-refractivity contribution is 7.98. The molecule has 6 heteroatoms. The van der Waals surface area contributed by atoms with Crippen molar-refractivity contribution in [3.8, 4) is 5.88 Å². The summed E-state index contributed by atoms with van der Waals surface area (Å²) in [7, 11) is 1.56. The van der Waals surface area contributed by atoms with Crippen LogP contribution in [0.5, 0.6) is 5.88 Å². The SMILES string of the molecule is COc1cc(NCC(C)CSC)nc(N)n1. The Labute approximate surface area is 100 Å². The molecule has 0 aliphatic carbocycles. The van der Waals surface area contributed by atoms with Gasteiger partial charge in [0.1, 0.15) is 5.82 Å². The minimum absolute atomic E-state index is 0.222. The van der Waals surface area contributed by atoms with E-state index in [1.165, 1.54) is 0 Å². The smallest absolute Gasteiger partial charge is 0.225 e. The Morgan fingerprint density at radius 1 is 1.56 bits per heavy atom. The largest absolute Gasteiger partial charge is 0.481 e. The van der Waals surface area contributed by atoms with E-state index >= 15 is 0 Å². The molecule has 0 saturated carbocycles. The second-order valence-corrected chi connectivity index (χ2v) is 4.51. The first kappa shape index (κ1) is 12.9. The fourth-order valence-electron chi connectivity index (χ4n) is 1.26. The molecule has 0 radical (unpaired) electrons. The normalized spacial score (nSPS) is 12.2. The van der Waals surface area contributed by atoms with Gasteiger partial charge in [-0.15, -0.1) is 0 Å². The Hall–Kier alpha value is -1.17. The average Bonchev–Trinajstić information content (AvgIpc) is 2.26. The number of anilines is 2. The summed E-state index contributed by atoms with van der Waals surface area (Å²) in [5, 5.41) is 3.22. The Morgan fingerprint density at radius 2 is 2.31 bits per heavy atom. The minimum Gasteiger partial charge on any atom is -0.481 e. The molecule has 16 heavy (non-hydrogen) atoms. The molecule has 90 valence electrons. The van der Waals surface area contributed by atoms with Gasteiger partial charge in [-0.2, -0.15) is 21.7 Å². The molecule has 0 amide bonds. The lowest BCUT2D eigenvalue weighted by molar-refractivity contribution is 0.398. The van der Waals surface area contributed by atoms with Gasteiger partial charge in [-0.05, 0) is 17.9 Å². The number of hydrogen-bond acceptors (Lipinski definition) is 6. The summed E-state index contributed by atoms with van der Waals surface area (Å²) in [5.41, 5.74) is 5.55. The zero-order valence-corrected chi connectivity index (χ0v) is 10.7. The molecular weight excluding hydrogens is 224 g/mol. The Bertz CT molecular complexity index is 335. The van der Waals surface area contributed by atoms with Crippen molar-refractivity contribution in [2.24, 2.45) is 5.92 Å². The lowest BCUT2D eigenvalue weighted by Gasteiger charge is -2.12. The van der Waals surface area contributed by atoms with Crippen LogP contribution >= 0.6 is 11.8 Å². The highest BCUT2D eigenvalue weighted by Gasteiger charge is 2.04. The van der Waals surface area contributed by atoms with Crippen LogP contribution in [0.4, 0.5) is 11.8 Å². The third-order valence-corrected chi connectivity index (χ3v) is 2.91. The summed E-state index contributed by atoms with van der Waals surface area (Å²) in [6.07, 6.45) is 2.10. The first-order valence-corrected chi connectivity index (χ1v) is 6.46.